The van der Waals surface area contributed by atoms with Crippen molar-refractivity contribution in [3.63, 3.8) is 0 Å². The summed E-state index contributed by atoms with van der Waals surface area (Å²) in [5.74, 6) is 0. The summed E-state index contributed by atoms with van der Waals surface area (Å²) >= 11 is 0. The lowest BCUT2D eigenvalue weighted by atomic mass is 9.91. The first kappa shape index (κ1) is 30.1. The lowest BCUT2D eigenvalue weighted by Crippen LogP contribution is -1.98. The van der Waals surface area contributed by atoms with Gasteiger partial charge in [-0.1, -0.05) is 115 Å². The molecule has 0 atom stereocenters. The van der Waals surface area contributed by atoms with E-state index in [4.69, 9.17) is 4.98 Å². The highest BCUT2D eigenvalue weighted by molar-refractivity contribution is 6.10. The summed E-state index contributed by atoms with van der Waals surface area (Å²) in [6, 6.07) is 61.3. The van der Waals surface area contributed by atoms with Gasteiger partial charge in [0.05, 0.1) is 27.8 Å². The number of benzene rings is 7. The molecular weight excluding hydrogens is 631 g/mol. The molecule has 52 heavy (non-hydrogen) atoms. The maximum Gasteiger partial charge on any atom is 0.0740 e. The molecule has 0 aliphatic carbocycles. The molecule has 0 fully saturated rings. The van der Waals surface area contributed by atoms with Crippen LogP contribution < -0.4 is 0 Å². The molecule has 0 aliphatic rings. The molecule has 0 radical (unpaired) electrons. The highest BCUT2D eigenvalue weighted by Crippen LogP contribution is 2.39. The Morgan fingerprint density at radius 3 is 1.25 bits per heavy atom. The second-order valence-electron chi connectivity index (χ2n) is 13.7. The fraction of sp³-hybridized carbons (Fsp3) is 0.0408. The van der Waals surface area contributed by atoms with Gasteiger partial charge in [0.25, 0.3) is 0 Å². The van der Waals surface area contributed by atoms with E-state index in [2.05, 4.69) is 193 Å². The van der Waals surface area contributed by atoms with Gasteiger partial charge in [0.15, 0.2) is 0 Å². The molecule has 3 heterocycles. The molecule has 3 heteroatoms. The van der Waals surface area contributed by atoms with Crippen LogP contribution in [0.15, 0.2) is 176 Å². The van der Waals surface area contributed by atoms with E-state index in [0.29, 0.717) is 0 Å². The van der Waals surface area contributed by atoms with Crippen molar-refractivity contribution in [3.8, 4) is 44.9 Å². The minimum absolute atomic E-state index is 1.01. The first-order chi connectivity index (χ1) is 25.7. The molecule has 10 aromatic rings. The summed E-state index contributed by atoms with van der Waals surface area (Å²) in [7, 11) is 0. The molecule has 3 nitrogen and oxygen atoms in total. The zero-order valence-electron chi connectivity index (χ0n) is 29.1. The van der Waals surface area contributed by atoms with Crippen LogP contribution in [0.3, 0.4) is 0 Å². The second-order valence-corrected chi connectivity index (χ2v) is 13.7. The van der Waals surface area contributed by atoms with Crippen LogP contribution >= 0.6 is 0 Å². The number of aromatic nitrogens is 3. The first-order valence-electron chi connectivity index (χ1n) is 17.9. The second kappa shape index (κ2) is 12.0. The van der Waals surface area contributed by atoms with Crippen molar-refractivity contribution in [1.29, 1.82) is 0 Å². The van der Waals surface area contributed by atoms with Crippen molar-refractivity contribution in [1.82, 2.24) is 14.1 Å². The van der Waals surface area contributed by atoms with E-state index in [1.165, 1.54) is 77.0 Å². The number of hydrogen-bond donors (Lipinski definition) is 0. The Morgan fingerprint density at radius 2 is 0.769 bits per heavy atom. The zero-order chi connectivity index (χ0) is 34.8. The standard InChI is InChI=1S/C49H35N3/c1-32-38(34-14-11-16-36(30-34)51-45-24-7-3-18-41(45)42-19-4-8-25-46(42)51)22-13-23-40(32)49-33(2)39(28-29-50-49)35-15-12-17-37(31-35)52-47-26-9-5-20-43(47)44-21-6-10-27-48(44)52/h3-31H,1-2H3. The van der Waals surface area contributed by atoms with E-state index in [1.807, 2.05) is 6.20 Å². The van der Waals surface area contributed by atoms with Gasteiger partial charge in [-0.05, 0) is 102 Å². The molecule has 10 rings (SSSR count). The van der Waals surface area contributed by atoms with E-state index >= 15 is 0 Å². The van der Waals surface area contributed by atoms with E-state index < -0.39 is 0 Å². The van der Waals surface area contributed by atoms with Crippen LogP contribution in [0.4, 0.5) is 0 Å². The van der Waals surface area contributed by atoms with Crippen LogP contribution in [0.25, 0.3) is 88.5 Å². The Labute approximate surface area is 302 Å². The summed E-state index contributed by atoms with van der Waals surface area (Å²) in [6.07, 6.45) is 1.96. The smallest absolute Gasteiger partial charge is 0.0740 e. The van der Waals surface area contributed by atoms with Gasteiger partial charge in [-0.25, -0.2) is 0 Å². The summed E-state index contributed by atoms with van der Waals surface area (Å²) in [5.41, 5.74) is 16.4. The quantitative estimate of drug-likeness (QED) is 0.179. The van der Waals surface area contributed by atoms with Gasteiger partial charge in [-0.3, -0.25) is 4.98 Å². The van der Waals surface area contributed by atoms with Crippen molar-refractivity contribution < 1.29 is 0 Å². The summed E-state index contributed by atoms with van der Waals surface area (Å²) in [6.45, 7) is 4.44. The molecule has 0 N–H and O–H groups in total. The Balaban J connectivity index is 1.07. The highest BCUT2D eigenvalue weighted by Gasteiger charge is 2.17. The SMILES string of the molecule is Cc1c(-c2cccc(-n3c4ccccc4c4ccccc43)c2)cccc1-c1nccc(-c2cccc(-n3c4ccccc4c4ccccc43)c2)c1C. The van der Waals surface area contributed by atoms with Crippen LogP contribution in [-0.4, -0.2) is 14.1 Å². The third-order valence-electron chi connectivity index (χ3n) is 10.8. The van der Waals surface area contributed by atoms with Gasteiger partial charge in [0.2, 0.25) is 0 Å². The number of para-hydroxylation sites is 4. The van der Waals surface area contributed by atoms with Crippen molar-refractivity contribution >= 4 is 43.6 Å². The predicted molar refractivity (Wildman–Crippen MR) is 219 cm³/mol. The third kappa shape index (κ3) is 4.63. The maximum absolute atomic E-state index is 5.00. The van der Waals surface area contributed by atoms with Gasteiger partial charge < -0.3 is 9.13 Å². The molecule has 0 spiro atoms. The van der Waals surface area contributed by atoms with Gasteiger partial charge in [0.1, 0.15) is 0 Å². The van der Waals surface area contributed by atoms with E-state index in [9.17, 15) is 0 Å². The fourth-order valence-electron chi connectivity index (χ4n) is 8.35. The van der Waals surface area contributed by atoms with Crippen LogP contribution in [0.5, 0.6) is 0 Å². The first-order valence-corrected chi connectivity index (χ1v) is 17.9. The summed E-state index contributed by atoms with van der Waals surface area (Å²) < 4.78 is 4.77. The average molecular weight is 666 g/mol. The van der Waals surface area contributed by atoms with E-state index in [1.54, 1.807) is 0 Å². The van der Waals surface area contributed by atoms with E-state index in [0.717, 1.165) is 22.6 Å². The molecule has 0 unspecified atom stereocenters. The number of fused-ring (bicyclic) bond motifs is 6. The lowest BCUT2D eigenvalue weighted by molar-refractivity contribution is 1.18. The molecule has 246 valence electrons. The summed E-state index contributed by atoms with van der Waals surface area (Å²) in [5, 5.41) is 5.07. The van der Waals surface area contributed by atoms with Crippen LogP contribution in [0, 0.1) is 13.8 Å². The molecule has 7 aromatic carbocycles. The summed E-state index contributed by atoms with van der Waals surface area (Å²) in [4.78, 5) is 5.00. The lowest BCUT2D eigenvalue weighted by Gasteiger charge is -2.17. The minimum atomic E-state index is 1.01. The highest BCUT2D eigenvalue weighted by atomic mass is 15.0. The molecule has 0 saturated heterocycles. The maximum atomic E-state index is 5.00. The van der Waals surface area contributed by atoms with Crippen molar-refractivity contribution in [2.45, 2.75) is 13.8 Å². The largest absolute Gasteiger partial charge is 0.309 e. The number of hydrogen-bond acceptors (Lipinski definition) is 1. The normalized spacial score (nSPS) is 11.7. The average Bonchev–Trinajstić information content (AvgIpc) is 3.72. The van der Waals surface area contributed by atoms with Crippen LogP contribution in [0.1, 0.15) is 11.1 Å². The van der Waals surface area contributed by atoms with E-state index in [-0.39, 0.29) is 0 Å². The van der Waals surface area contributed by atoms with Crippen molar-refractivity contribution in [2.75, 3.05) is 0 Å². The predicted octanol–water partition coefficient (Wildman–Crippen LogP) is 12.9. The van der Waals surface area contributed by atoms with Gasteiger partial charge in [-0.15, -0.1) is 0 Å². The Morgan fingerprint density at radius 1 is 0.365 bits per heavy atom. The van der Waals surface area contributed by atoms with Gasteiger partial charge >= 0.3 is 0 Å². The molecule has 0 aliphatic heterocycles. The Kier molecular flexibility index (Phi) is 6.94. The van der Waals surface area contributed by atoms with Gasteiger partial charge in [-0.2, -0.15) is 0 Å². The van der Waals surface area contributed by atoms with Crippen LogP contribution in [-0.2, 0) is 0 Å². The van der Waals surface area contributed by atoms with Gasteiger partial charge in [0, 0.05) is 44.7 Å². The molecular formula is C49H35N3. The Bertz CT molecular complexity index is 2680. The van der Waals surface area contributed by atoms with Crippen molar-refractivity contribution in [3.05, 3.63) is 187 Å². The molecule has 3 aromatic heterocycles. The third-order valence-corrected chi connectivity index (χ3v) is 10.8. The molecule has 0 bridgehead atoms. The molecule has 0 amide bonds. The number of pyridine rings is 1. The Hall–Kier alpha value is -6.71. The monoisotopic (exact) mass is 665 g/mol. The van der Waals surface area contributed by atoms with Crippen molar-refractivity contribution in [2.24, 2.45) is 0 Å². The number of nitrogens with zero attached hydrogens (tertiary/aromatic N) is 3. The topological polar surface area (TPSA) is 22.8 Å². The minimum Gasteiger partial charge on any atom is -0.309 e. The fourth-order valence-corrected chi connectivity index (χ4v) is 8.35. The molecule has 0 saturated carbocycles. The zero-order valence-corrected chi connectivity index (χ0v) is 29.1. The number of rotatable bonds is 5. The van der Waals surface area contributed by atoms with Crippen LogP contribution in [0.2, 0.25) is 0 Å².